The van der Waals surface area contributed by atoms with E-state index in [4.69, 9.17) is 0 Å². The molecule has 1 saturated heterocycles. The van der Waals surface area contributed by atoms with Crippen LogP contribution < -0.4 is 0 Å². The van der Waals surface area contributed by atoms with Gasteiger partial charge in [-0.1, -0.05) is 48.6 Å². The smallest absolute Gasteiger partial charge is 0.246 e. The summed E-state index contributed by atoms with van der Waals surface area (Å²) in [5.74, 6) is -0.0926. The lowest BCUT2D eigenvalue weighted by Gasteiger charge is -2.32. The number of piperazine rings is 1. The van der Waals surface area contributed by atoms with Crippen molar-refractivity contribution in [1.82, 2.24) is 9.21 Å². The number of hydrogen-bond donors (Lipinski definition) is 0. The van der Waals surface area contributed by atoms with Crippen LogP contribution in [-0.4, -0.2) is 49.7 Å². The number of hydrogen-bond acceptors (Lipinski definition) is 3. The molecule has 0 saturated carbocycles. The van der Waals surface area contributed by atoms with Crippen molar-refractivity contribution in [3.8, 4) is 0 Å². The van der Waals surface area contributed by atoms with Crippen LogP contribution in [0.5, 0.6) is 0 Å². The molecule has 24 heavy (non-hydrogen) atoms. The monoisotopic (exact) mass is 346 g/mol. The average molecular weight is 346 g/mol. The normalized spacial score (nSPS) is 17.3. The molecule has 1 fully saturated rings. The van der Waals surface area contributed by atoms with Gasteiger partial charge in [0.2, 0.25) is 15.9 Å². The van der Waals surface area contributed by atoms with Crippen molar-refractivity contribution in [2.75, 3.05) is 26.2 Å². The van der Waals surface area contributed by atoms with E-state index < -0.39 is 10.0 Å². The third-order valence-electron chi connectivity index (χ3n) is 3.68. The van der Waals surface area contributed by atoms with Crippen LogP contribution in [0.1, 0.15) is 12.5 Å². The van der Waals surface area contributed by atoms with Gasteiger partial charge in [0.25, 0.3) is 0 Å². The summed E-state index contributed by atoms with van der Waals surface area (Å²) in [5.41, 5.74) is 0.837. The Kier molecular flexibility index (Phi) is 6.52. The Hall–Kier alpha value is -2.18. The quantitative estimate of drug-likeness (QED) is 0.607. The number of benzene rings is 1. The van der Waals surface area contributed by atoms with Crippen molar-refractivity contribution < 1.29 is 13.2 Å². The minimum atomic E-state index is -3.47. The first-order valence-corrected chi connectivity index (χ1v) is 9.35. The van der Waals surface area contributed by atoms with E-state index in [-0.39, 0.29) is 5.91 Å². The van der Waals surface area contributed by atoms with E-state index in [2.05, 4.69) is 0 Å². The molecular formula is C18H22N2O3S. The lowest BCUT2D eigenvalue weighted by atomic mass is 10.2. The summed E-state index contributed by atoms with van der Waals surface area (Å²) in [7, 11) is -3.47. The highest BCUT2D eigenvalue weighted by Gasteiger charge is 2.26. The second-order valence-corrected chi connectivity index (χ2v) is 7.19. The zero-order valence-electron chi connectivity index (χ0n) is 13.7. The molecule has 0 radical (unpaired) electrons. The molecule has 1 amide bonds. The van der Waals surface area contributed by atoms with Crippen molar-refractivity contribution in [2.24, 2.45) is 0 Å². The molecule has 5 nitrogen and oxygen atoms in total. The summed E-state index contributed by atoms with van der Waals surface area (Å²) >= 11 is 0. The van der Waals surface area contributed by atoms with Crippen molar-refractivity contribution >= 4 is 22.0 Å². The highest BCUT2D eigenvalue weighted by Crippen LogP contribution is 2.12. The van der Waals surface area contributed by atoms with Crippen LogP contribution in [0.3, 0.4) is 0 Å². The van der Waals surface area contributed by atoms with Crippen LogP contribution in [-0.2, 0) is 14.8 Å². The maximum Gasteiger partial charge on any atom is 0.246 e. The van der Waals surface area contributed by atoms with Crippen molar-refractivity contribution in [3.63, 3.8) is 0 Å². The van der Waals surface area contributed by atoms with Gasteiger partial charge in [-0.3, -0.25) is 4.79 Å². The van der Waals surface area contributed by atoms with Crippen LogP contribution in [0.25, 0.3) is 6.08 Å². The summed E-state index contributed by atoms with van der Waals surface area (Å²) in [6.45, 7) is 3.30. The molecule has 0 N–H and O–H groups in total. The highest BCUT2D eigenvalue weighted by molar-refractivity contribution is 7.92. The van der Waals surface area contributed by atoms with E-state index in [0.717, 1.165) is 5.56 Å². The van der Waals surface area contributed by atoms with Crippen LogP contribution in [0.4, 0.5) is 0 Å². The van der Waals surface area contributed by atoms with Gasteiger partial charge in [-0.15, -0.1) is 0 Å². The highest BCUT2D eigenvalue weighted by atomic mass is 32.2. The molecule has 1 aliphatic rings. The third-order valence-corrected chi connectivity index (χ3v) is 5.25. The molecule has 1 heterocycles. The summed E-state index contributed by atoms with van der Waals surface area (Å²) in [5, 5.41) is 1.23. The summed E-state index contributed by atoms with van der Waals surface area (Å²) in [4.78, 5) is 13.6. The minimum absolute atomic E-state index is 0.0926. The molecule has 1 aromatic carbocycles. The van der Waals surface area contributed by atoms with Gasteiger partial charge in [-0.25, -0.2) is 8.42 Å². The molecule has 6 heteroatoms. The predicted octanol–water partition coefficient (Wildman–Crippen LogP) is 2.26. The van der Waals surface area contributed by atoms with E-state index in [0.29, 0.717) is 26.2 Å². The Bertz CT molecular complexity index is 729. The molecule has 0 aliphatic carbocycles. The molecule has 128 valence electrons. The van der Waals surface area contributed by atoms with Crippen LogP contribution in [0.2, 0.25) is 0 Å². The second-order valence-electron chi connectivity index (χ2n) is 5.37. The van der Waals surface area contributed by atoms with Gasteiger partial charge < -0.3 is 4.90 Å². The maximum absolute atomic E-state index is 12.4. The Balaban J connectivity index is 1.93. The summed E-state index contributed by atoms with van der Waals surface area (Å²) in [6.07, 6.45) is 8.40. The molecule has 2 rings (SSSR count). The first-order valence-electron chi connectivity index (χ1n) is 7.84. The molecule has 1 aliphatic heterocycles. The first-order chi connectivity index (χ1) is 11.5. The fourth-order valence-electron chi connectivity index (χ4n) is 2.33. The standard InChI is InChI=1S/C18H22N2O3S/c1-2-3-5-10-18(21)19-12-14-20(15-13-19)24(22,23)16-11-17-8-6-4-7-9-17/h2-11,16H,12-15H2,1H3. The zero-order chi connectivity index (χ0) is 17.4. The molecular weight excluding hydrogens is 324 g/mol. The maximum atomic E-state index is 12.4. The Morgan fingerprint density at radius 2 is 1.71 bits per heavy atom. The Morgan fingerprint density at radius 1 is 1.04 bits per heavy atom. The number of carbonyl (C=O) groups excluding carboxylic acids is 1. The van der Waals surface area contributed by atoms with E-state index >= 15 is 0 Å². The lowest BCUT2D eigenvalue weighted by Crippen LogP contribution is -2.49. The fraction of sp³-hybridized carbons (Fsp3) is 0.278. The topological polar surface area (TPSA) is 57.7 Å². The first kappa shape index (κ1) is 18.2. The van der Waals surface area contributed by atoms with Gasteiger partial charge in [0.1, 0.15) is 0 Å². The molecule has 0 spiro atoms. The van der Waals surface area contributed by atoms with Crippen LogP contribution in [0.15, 0.2) is 60.0 Å². The third kappa shape index (κ3) is 5.18. The molecule has 0 bridgehead atoms. The van der Waals surface area contributed by atoms with Crippen molar-refractivity contribution in [3.05, 3.63) is 65.6 Å². The fourth-order valence-corrected chi connectivity index (χ4v) is 3.51. The molecule has 0 aromatic heterocycles. The van der Waals surface area contributed by atoms with Crippen molar-refractivity contribution in [1.29, 1.82) is 0 Å². The van der Waals surface area contributed by atoms with Gasteiger partial charge in [-0.05, 0) is 18.6 Å². The number of rotatable bonds is 5. The van der Waals surface area contributed by atoms with Crippen LogP contribution in [0, 0.1) is 0 Å². The molecule has 0 atom stereocenters. The van der Waals surface area contributed by atoms with Crippen LogP contribution >= 0.6 is 0 Å². The number of nitrogens with zero attached hydrogens (tertiary/aromatic N) is 2. The SMILES string of the molecule is CC=CC=CC(=O)N1CCN(S(=O)(=O)C=Cc2ccccc2)CC1. The van der Waals surface area contributed by atoms with E-state index in [1.54, 1.807) is 23.1 Å². The average Bonchev–Trinajstić information content (AvgIpc) is 2.61. The number of allylic oxidation sites excluding steroid dienone is 3. The molecule has 0 unspecified atom stereocenters. The largest absolute Gasteiger partial charge is 0.337 e. The Morgan fingerprint density at radius 3 is 2.33 bits per heavy atom. The van der Waals surface area contributed by atoms with Gasteiger partial charge >= 0.3 is 0 Å². The van der Waals surface area contributed by atoms with Gasteiger partial charge in [0.15, 0.2) is 0 Å². The van der Waals surface area contributed by atoms with Gasteiger partial charge in [-0.2, -0.15) is 4.31 Å². The van der Waals surface area contributed by atoms with Gasteiger partial charge in [0.05, 0.1) is 0 Å². The summed E-state index contributed by atoms with van der Waals surface area (Å²) in [6, 6.07) is 9.29. The number of amides is 1. The summed E-state index contributed by atoms with van der Waals surface area (Å²) < 4.78 is 26.1. The number of sulfonamides is 1. The number of carbonyl (C=O) groups is 1. The minimum Gasteiger partial charge on any atom is -0.337 e. The van der Waals surface area contributed by atoms with Crippen molar-refractivity contribution in [2.45, 2.75) is 6.92 Å². The zero-order valence-corrected chi connectivity index (χ0v) is 14.5. The Labute approximate surface area is 143 Å². The second kappa shape index (κ2) is 8.61. The van der Waals surface area contributed by atoms with E-state index in [9.17, 15) is 13.2 Å². The van der Waals surface area contributed by atoms with Gasteiger partial charge in [0, 0.05) is 37.7 Å². The lowest BCUT2D eigenvalue weighted by molar-refractivity contribution is -0.127. The van der Waals surface area contributed by atoms with E-state index in [1.165, 1.54) is 15.8 Å². The van der Waals surface area contributed by atoms with E-state index in [1.807, 2.05) is 43.3 Å². The molecule has 1 aromatic rings. The predicted molar refractivity (Wildman–Crippen MR) is 96.5 cm³/mol.